The van der Waals surface area contributed by atoms with Crippen molar-refractivity contribution < 1.29 is 4.79 Å². The van der Waals surface area contributed by atoms with Crippen LogP contribution in [0.1, 0.15) is 58.1 Å². The number of aromatic nitrogens is 2. The predicted octanol–water partition coefficient (Wildman–Crippen LogP) is 6.54. The average molecular weight is 506 g/mol. The van der Waals surface area contributed by atoms with Gasteiger partial charge in [-0.2, -0.15) is 0 Å². The van der Waals surface area contributed by atoms with Gasteiger partial charge in [0.25, 0.3) is 0 Å². The van der Waals surface area contributed by atoms with Gasteiger partial charge in [-0.25, -0.2) is 9.78 Å². The molecule has 0 fully saturated rings. The maximum atomic E-state index is 13.9. The third kappa shape index (κ3) is 5.00. The molecule has 0 saturated heterocycles. The number of carbonyl (C=O) groups excluding carboxylic acids is 1. The summed E-state index contributed by atoms with van der Waals surface area (Å²) in [5.41, 5.74) is 14.9. The third-order valence-corrected chi connectivity index (χ3v) is 7.48. The number of hydrogen-bond acceptors (Lipinski definition) is 3. The van der Waals surface area contributed by atoms with E-state index in [1.54, 1.807) is 11.2 Å². The molecule has 3 aromatic rings. The number of anilines is 1. The van der Waals surface area contributed by atoms with Gasteiger partial charge in [-0.15, -0.1) is 11.6 Å². The van der Waals surface area contributed by atoms with Crippen LogP contribution in [0.3, 0.4) is 0 Å². The van der Waals surface area contributed by atoms with Gasteiger partial charge in [0.15, 0.2) is 0 Å². The van der Waals surface area contributed by atoms with E-state index in [9.17, 15) is 4.79 Å². The first-order valence-electron chi connectivity index (χ1n) is 12.7. The van der Waals surface area contributed by atoms with Crippen LogP contribution in [0.4, 0.5) is 10.5 Å². The lowest BCUT2D eigenvalue weighted by atomic mass is 9.82. The summed E-state index contributed by atoms with van der Waals surface area (Å²) in [7, 11) is 1.97. The first-order valence-corrected chi connectivity index (χ1v) is 13.0. The van der Waals surface area contributed by atoms with Crippen molar-refractivity contribution in [2.24, 2.45) is 12.8 Å². The Kier molecular flexibility index (Phi) is 7.46. The molecule has 7 heteroatoms. The SMILES string of the molecule is CCC1=C(N)CC(C)(Cl)C(CC)=C1NC(=O)N(Cc1ccc2c(c1)ncn2C)c1ccc(CC)cc1. The van der Waals surface area contributed by atoms with Crippen molar-refractivity contribution >= 4 is 34.4 Å². The highest BCUT2D eigenvalue weighted by Gasteiger charge is 2.35. The Hall–Kier alpha value is -3.25. The van der Waals surface area contributed by atoms with Crippen molar-refractivity contribution in [3.8, 4) is 0 Å². The molecule has 1 aromatic heterocycles. The molecule has 1 aliphatic rings. The molecule has 6 nitrogen and oxygen atoms in total. The number of fused-ring (bicyclic) bond motifs is 1. The summed E-state index contributed by atoms with van der Waals surface area (Å²) in [4.78, 5) is 19.6. The summed E-state index contributed by atoms with van der Waals surface area (Å²) in [5.74, 6) is 0. The zero-order chi connectivity index (χ0) is 26.0. The Morgan fingerprint density at radius 3 is 2.44 bits per heavy atom. The number of rotatable bonds is 7. The standard InChI is InChI=1S/C29H36ClN5O/c1-6-19-9-12-21(13-10-19)35(17-20-11-14-26-25(15-20)32-18-34(26)5)28(36)33-27-22(7-2)24(31)16-29(4,30)23(27)8-3/h9-15,18H,6-8,16-17,31H2,1-5H3,(H,33,36). The number of aryl methyl sites for hydroxylation is 2. The van der Waals surface area contributed by atoms with Crippen molar-refractivity contribution in [3.63, 3.8) is 0 Å². The zero-order valence-corrected chi connectivity index (χ0v) is 22.6. The van der Waals surface area contributed by atoms with Crippen molar-refractivity contribution in [1.82, 2.24) is 14.9 Å². The minimum absolute atomic E-state index is 0.213. The molecule has 1 atom stereocenters. The topological polar surface area (TPSA) is 76.2 Å². The predicted molar refractivity (Wildman–Crippen MR) is 149 cm³/mol. The summed E-state index contributed by atoms with van der Waals surface area (Å²) in [6.07, 6.45) is 4.77. The van der Waals surface area contributed by atoms with E-state index < -0.39 is 4.87 Å². The molecule has 4 rings (SSSR count). The Morgan fingerprint density at radius 1 is 1.11 bits per heavy atom. The number of urea groups is 1. The normalized spacial score (nSPS) is 18.2. The molecule has 1 aliphatic carbocycles. The Morgan fingerprint density at radius 2 is 1.81 bits per heavy atom. The van der Waals surface area contributed by atoms with Crippen molar-refractivity contribution in [2.45, 2.75) is 64.8 Å². The van der Waals surface area contributed by atoms with E-state index in [2.05, 4.69) is 43.2 Å². The largest absolute Gasteiger partial charge is 0.402 e. The number of amides is 2. The molecule has 0 radical (unpaired) electrons. The summed E-state index contributed by atoms with van der Waals surface area (Å²) in [5, 5.41) is 3.22. The average Bonchev–Trinajstić information content (AvgIpc) is 3.22. The molecule has 1 unspecified atom stereocenters. The van der Waals surface area contributed by atoms with Crippen LogP contribution in [0, 0.1) is 0 Å². The lowest BCUT2D eigenvalue weighted by Crippen LogP contribution is -2.43. The van der Waals surface area contributed by atoms with Gasteiger partial charge in [-0.3, -0.25) is 4.90 Å². The van der Waals surface area contributed by atoms with Gasteiger partial charge in [0, 0.05) is 30.5 Å². The van der Waals surface area contributed by atoms with Crippen LogP contribution in [-0.4, -0.2) is 20.5 Å². The van der Waals surface area contributed by atoms with E-state index in [1.807, 2.05) is 48.9 Å². The quantitative estimate of drug-likeness (QED) is 0.358. The van der Waals surface area contributed by atoms with E-state index in [-0.39, 0.29) is 6.03 Å². The number of halogens is 1. The number of nitrogens with zero attached hydrogens (tertiary/aromatic N) is 3. The molecule has 3 N–H and O–H groups in total. The van der Waals surface area contributed by atoms with Gasteiger partial charge in [0.05, 0.1) is 28.8 Å². The third-order valence-electron chi connectivity index (χ3n) is 7.11. The maximum absolute atomic E-state index is 13.9. The Bertz CT molecular complexity index is 1330. The molecule has 0 aliphatic heterocycles. The fourth-order valence-electron chi connectivity index (χ4n) is 5.10. The molecular weight excluding hydrogens is 470 g/mol. The van der Waals surface area contributed by atoms with Gasteiger partial charge in [-0.05, 0) is 72.7 Å². The molecule has 0 saturated carbocycles. The van der Waals surface area contributed by atoms with Crippen LogP contribution in [-0.2, 0) is 20.0 Å². The molecule has 1 heterocycles. The van der Waals surface area contributed by atoms with Crippen molar-refractivity contribution in [2.75, 3.05) is 4.90 Å². The molecule has 0 spiro atoms. The minimum Gasteiger partial charge on any atom is -0.402 e. The number of nitrogens with one attached hydrogen (secondary N) is 1. The summed E-state index contributed by atoms with van der Waals surface area (Å²) in [6, 6.07) is 14.1. The van der Waals surface area contributed by atoms with Crippen LogP contribution in [0.15, 0.2) is 71.3 Å². The molecule has 2 amide bonds. The highest BCUT2D eigenvalue weighted by Crippen LogP contribution is 2.41. The summed E-state index contributed by atoms with van der Waals surface area (Å²) < 4.78 is 1.99. The Labute approximate surface area is 218 Å². The lowest BCUT2D eigenvalue weighted by Gasteiger charge is -2.35. The number of benzene rings is 2. The number of imidazole rings is 1. The number of hydrogen-bond donors (Lipinski definition) is 2. The van der Waals surface area contributed by atoms with E-state index in [0.717, 1.165) is 64.1 Å². The zero-order valence-electron chi connectivity index (χ0n) is 21.9. The highest BCUT2D eigenvalue weighted by molar-refractivity contribution is 6.26. The Balaban J connectivity index is 1.73. The van der Waals surface area contributed by atoms with E-state index >= 15 is 0 Å². The van der Waals surface area contributed by atoms with Crippen LogP contribution in [0.25, 0.3) is 11.0 Å². The molecule has 2 aromatic carbocycles. The molecule has 190 valence electrons. The fraction of sp³-hybridized carbons (Fsp3) is 0.379. The van der Waals surface area contributed by atoms with Crippen LogP contribution in [0.5, 0.6) is 0 Å². The number of carbonyl (C=O) groups is 1. The van der Waals surface area contributed by atoms with Crippen molar-refractivity contribution in [1.29, 1.82) is 0 Å². The van der Waals surface area contributed by atoms with E-state index in [4.69, 9.17) is 17.3 Å². The van der Waals surface area contributed by atoms with Gasteiger partial charge < -0.3 is 15.6 Å². The van der Waals surface area contributed by atoms with Crippen LogP contribution in [0.2, 0.25) is 0 Å². The van der Waals surface area contributed by atoms with E-state index in [1.165, 1.54) is 5.56 Å². The van der Waals surface area contributed by atoms with Crippen LogP contribution >= 0.6 is 11.6 Å². The van der Waals surface area contributed by atoms with E-state index in [0.29, 0.717) is 13.0 Å². The number of nitrogens with two attached hydrogens (primary N) is 1. The van der Waals surface area contributed by atoms with Gasteiger partial charge in [0.2, 0.25) is 0 Å². The fourth-order valence-corrected chi connectivity index (χ4v) is 5.48. The van der Waals surface area contributed by atoms with Crippen LogP contribution < -0.4 is 16.0 Å². The molecule has 36 heavy (non-hydrogen) atoms. The number of alkyl halides is 1. The van der Waals surface area contributed by atoms with Gasteiger partial charge in [-0.1, -0.05) is 39.0 Å². The lowest BCUT2D eigenvalue weighted by molar-refractivity contribution is 0.248. The first kappa shape index (κ1) is 25.8. The summed E-state index contributed by atoms with van der Waals surface area (Å²) in [6.45, 7) is 8.62. The minimum atomic E-state index is -0.627. The molecular formula is C29H36ClN5O. The van der Waals surface area contributed by atoms with Gasteiger partial charge in [0.1, 0.15) is 0 Å². The first-order chi connectivity index (χ1) is 17.2. The highest BCUT2D eigenvalue weighted by atomic mass is 35.5. The van der Waals surface area contributed by atoms with Crippen molar-refractivity contribution in [3.05, 3.63) is 82.5 Å². The summed E-state index contributed by atoms with van der Waals surface area (Å²) >= 11 is 6.90. The maximum Gasteiger partial charge on any atom is 0.326 e. The molecule has 0 bridgehead atoms. The second kappa shape index (κ2) is 10.4. The number of allylic oxidation sites excluding steroid dienone is 3. The van der Waals surface area contributed by atoms with Gasteiger partial charge >= 0.3 is 6.03 Å². The smallest absolute Gasteiger partial charge is 0.326 e. The monoisotopic (exact) mass is 505 g/mol. The second-order valence-electron chi connectivity index (χ2n) is 9.65. The second-order valence-corrected chi connectivity index (χ2v) is 10.5.